The van der Waals surface area contributed by atoms with Crippen molar-refractivity contribution >= 4 is 75.3 Å². The molecule has 4 aromatic heterocycles. The van der Waals surface area contributed by atoms with Crippen molar-refractivity contribution in [1.82, 2.24) is 19.5 Å². The lowest BCUT2D eigenvalue weighted by molar-refractivity contribution is 0.669. The number of nitrogens with zero attached hydrogens (tertiary/aromatic N) is 4. The van der Waals surface area contributed by atoms with Gasteiger partial charge in [0.15, 0.2) is 11.6 Å². The van der Waals surface area contributed by atoms with Crippen molar-refractivity contribution in [3.63, 3.8) is 0 Å². The third-order valence-electron chi connectivity index (χ3n) is 9.88. The third-order valence-corrected chi connectivity index (χ3v) is 11.0. The second-order valence-corrected chi connectivity index (χ2v) is 13.9. The molecule has 0 spiro atoms. The summed E-state index contributed by atoms with van der Waals surface area (Å²) in [5, 5.41) is 6.88. The molecule has 0 amide bonds. The summed E-state index contributed by atoms with van der Waals surface area (Å²) in [6.07, 6.45) is 0. The molecule has 238 valence electrons. The van der Waals surface area contributed by atoms with E-state index in [1.807, 2.05) is 53.8 Å². The van der Waals surface area contributed by atoms with E-state index in [2.05, 4.69) is 120 Å². The standard InChI is InChI=1S/C45H26N4OS/c1-2-11-27(12-3-1)43-46-44(48-45(47-43)49-36-17-7-4-13-30(36)31-14-5-8-18-37(31)49)34-16-10-19-38-42(34)33-23-21-29(26-39(33)50-38)28-22-24-41-35(25-28)32-15-6-9-20-40(32)51-41/h1-26H. The van der Waals surface area contributed by atoms with Crippen LogP contribution in [0.25, 0.3) is 104 Å². The Balaban J connectivity index is 1.12. The van der Waals surface area contributed by atoms with E-state index in [1.165, 1.54) is 20.2 Å². The maximum Gasteiger partial charge on any atom is 0.238 e. The quantitative estimate of drug-likeness (QED) is 0.187. The van der Waals surface area contributed by atoms with Crippen LogP contribution in [-0.2, 0) is 0 Å². The molecule has 0 aliphatic rings. The molecule has 6 heteroatoms. The minimum absolute atomic E-state index is 0.569. The van der Waals surface area contributed by atoms with E-state index in [1.54, 1.807) is 0 Å². The zero-order valence-corrected chi connectivity index (χ0v) is 27.9. The third kappa shape index (κ3) is 4.37. The summed E-state index contributed by atoms with van der Waals surface area (Å²) in [4.78, 5) is 15.4. The summed E-state index contributed by atoms with van der Waals surface area (Å²) >= 11 is 1.83. The minimum atomic E-state index is 0.569. The van der Waals surface area contributed by atoms with Crippen LogP contribution in [0.1, 0.15) is 0 Å². The van der Waals surface area contributed by atoms with Crippen molar-refractivity contribution in [3.8, 4) is 39.9 Å². The maximum absolute atomic E-state index is 6.58. The summed E-state index contributed by atoms with van der Waals surface area (Å²) in [6.45, 7) is 0. The van der Waals surface area contributed by atoms with Gasteiger partial charge in [-0.15, -0.1) is 11.3 Å². The molecule has 11 rings (SSSR count). The molecule has 0 atom stereocenters. The lowest BCUT2D eigenvalue weighted by Gasteiger charge is -2.11. The predicted molar refractivity (Wildman–Crippen MR) is 211 cm³/mol. The van der Waals surface area contributed by atoms with Gasteiger partial charge in [-0.2, -0.15) is 9.97 Å². The highest BCUT2D eigenvalue weighted by Gasteiger charge is 2.20. The number of thiophene rings is 1. The highest BCUT2D eigenvalue weighted by Crippen LogP contribution is 2.40. The van der Waals surface area contributed by atoms with E-state index in [0.29, 0.717) is 17.6 Å². The summed E-state index contributed by atoms with van der Waals surface area (Å²) in [7, 11) is 0. The molecule has 0 fully saturated rings. The predicted octanol–water partition coefficient (Wildman–Crippen LogP) is 12.2. The topological polar surface area (TPSA) is 56.7 Å². The Morgan fingerprint density at radius 3 is 1.92 bits per heavy atom. The molecule has 0 saturated heterocycles. The van der Waals surface area contributed by atoms with E-state index < -0.39 is 0 Å². The van der Waals surface area contributed by atoms with Crippen molar-refractivity contribution < 1.29 is 4.42 Å². The molecule has 0 unspecified atom stereocenters. The molecule has 4 heterocycles. The van der Waals surface area contributed by atoms with Crippen LogP contribution in [0.15, 0.2) is 162 Å². The maximum atomic E-state index is 6.58. The van der Waals surface area contributed by atoms with Crippen molar-refractivity contribution in [3.05, 3.63) is 158 Å². The molecule has 0 N–H and O–H groups in total. The van der Waals surface area contributed by atoms with Gasteiger partial charge < -0.3 is 4.42 Å². The van der Waals surface area contributed by atoms with Crippen LogP contribution in [-0.4, -0.2) is 19.5 Å². The Morgan fingerprint density at radius 1 is 0.431 bits per heavy atom. The van der Waals surface area contributed by atoms with E-state index in [9.17, 15) is 0 Å². The summed E-state index contributed by atoms with van der Waals surface area (Å²) in [5.41, 5.74) is 7.80. The van der Waals surface area contributed by atoms with Crippen LogP contribution in [0.4, 0.5) is 0 Å². The molecule has 5 nitrogen and oxygen atoms in total. The number of para-hydroxylation sites is 2. The summed E-state index contributed by atoms with van der Waals surface area (Å²) in [6, 6.07) is 54.9. The van der Waals surface area contributed by atoms with E-state index in [4.69, 9.17) is 19.4 Å². The molecule has 11 aromatic rings. The molecule has 0 saturated carbocycles. The first-order valence-electron chi connectivity index (χ1n) is 16.9. The molecule has 51 heavy (non-hydrogen) atoms. The number of furan rings is 1. The molecule has 0 aliphatic heterocycles. The summed E-state index contributed by atoms with van der Waals surface area (Å²) in [5.74, 6) is 1.77. The summed E-state index contributed by atoms with van der Waals surface area (Å²) < 4.78 is 11.3. The average molecular weight is 671 g/mol. The highest BCUT2D eigenvalue weighted by molar-refractivity contribution is 7.25. The molecule has 0 radical (unpaired) electrons. The fraction of sp³-hybridized carbons (Fsp3) is 0. The SMILES string of the molecule is c1ccc(-c2nc(-c3cccc4oc5cc(-c6ccc7sc8ccccc8c7c6)ccc5c34)nc(-n3c4ccccc4c4ccccc43)n2)cc1. The second-order valence-electron chi connectivity index (χ2n) is 12.8. The van der Waals surface area contributed by atoms with E-state index >= 15 is 0 Å². The second kappa shape index (κ2) is 10.9. The Hall–Kier alpha value is -6.63. The van der Waals surface area contributed by atoms with Gasteiger partial charge in [-0.25, -0.2) is 4.98 Å². The fourth-order valence-electron chi connectivity index (χ4n) is 7.54. The lowest BCUT2D eigenvalue weighted by atomic mass is 10.00. The Bertz CT molecular complexity index is 3100. The van der Waals surface area contributed by atoms with Crippen LogP contribution in [0.5, 0.6) is 0 Å². The van der Waals surface area contributed by atoms with Gasteiger partial charge in [0.25, 0.3) is 0 Å². The van der Waals surface area contributed by atoms with Gasteiger partial charge in [-0.3, -0.25) is 4.57 Å². The molecule has 0 bridgehead atoms. The average Bonchev–Trinajstić information content (AvgIpc) is 3.87. The Kier molecular flexibility index (Phi) is 6.05. The molecular weight excluding hydrogens is 645 g/mol. The monoisotopic (exact) mass is 670 g/mol. The number of rotatable bonds is 4. The number of hydrogen-bond donors (Lipinski definition) is 0. The van der Waals surface area contributed by atoms with E-state index in [-0.39, 0.29) is 0 Å². The van der Waals surface area contributed by atoms with Gasteiger partial charge in [0.05, 0.1) is 11.0 Å². The van der Waals surface area contributed by atoms with Crippen LogP contribution in [0, 0.1) is 0 Å². The van der Waals surface area contributed by atoms with Crippen molar-refractivity contribution in [2.75, 3.05) is 0 Å². The van der Waals surface area contributed by atoms with Gasteiger partial charge in [-0.1, -0.05) is 109 Å². The van der Waals surface area contributed by atoms with Crippen molar-refractivity contribution in [2.24, 2.45) is 0 Å². The smallest absolute Gasteiger partial charge is 0.238 e. The fourth-order valence-corrected chi connectivity index (χ4v) is 8.62. The number of hydrogen-bond acceptors (Lipinski definition) is 5. The first-order valence-corrected chi connectivity index (χ1v) is 17.8. The Morgan fingerprint density at radius 2 is 1.10 bits per heavy atom. The van der Waals surface area contributed by atoms with Gasteiger partial charge in [-0.05, 0) is 59.7 Å². The van der Waals surface area contributed by atoms with Gasteiger partial charge >= 0.3 is 0 Å². The molecular formula is C45H26N4OS. The van der Waals surface area contributed by atoms with Gasteiger partial charge in [0, 0.05) is 52.8 Å². The highest BCUT2D eigenvalue weighted by atomic mass is 32.1. The first kappa shape index (κ1) is 28.2. The number of aromatic nitrogens is 4. The zero-order valence-electron chi connectivity index (χ0n) is 27.1. The number of benzene rings is 7. The Labute approximate surface area is 295 Å². The lowest BCUT2D eigenvalue weighted by Crippen LogP contribution is -2.06. The van der Waals surface area contributed by atoms with Crippen LogP contribution in [0.2, 0.25) is 0 Å². The number of fused-ring (bicyclic) bond motifs is 9. The minimum Gasteiger partial charge on any atom is -0.456 e. The van der Waals surface area contributed by atoms with Crippen LogP contribution in [0.3, 0.4) is 0 Å². The van der Waals surface area contributed by atoms with Crippen molar-refractivity contribution in [1.29, 1.82) is 0 Å². The molecule has 7 aromatic carbocycles. The largest absolute Gasteiger partial charge is 0.456 e. The van der Waals surface area contributed by atoms with E-state index in [0.717, 1.165) is 66.0 Å². The first-order chi connectivity index (χ1) is 25.3. The van der Waals surface area contributed by atoms with Crippen LogP contribution < -0.4 is 0 Å². The van der Waals surface area contributed by atoms with Crippen LogP contribution >= 0.6 is 11.3 Å². The zero-order chi connectivity index (χ0) is 33.5. The van der Waals surface area contributed by atoms with Gasteiger partial charge in [0.2, 0.25) is 5.95 Å². The molecule has 0 aliphatic carbocycles. The van der Waals surface area contributed by atoms with Crippen molar-refractivity contribution in [2.45, 2.75) is 0 Å². The normalized spacial score (nSPS) is 11.9. The van der Waals surface area contributed by atoms with Gasteiger partial charge in [0.1, 0.15) is 11.2 Å².